The fraction of sp³-hybridized carbons (Fsp3) is 0.909. The highest BCUT2D eigenvalue weighted by Crippen LogP contribution is 2.06. The van der Waals surface area contributed by atoms with Gasteiger partial charge in [-0.25, -0.2) is 0 Å². The molecule has 2 atom stereocenters. The number of ketones is 1. The number of nitrogens with one attached hydrogen (secondary N) is 1. The van der Waals surface area contributed by atoms with Crippen LogP contribution in [0.2, 0.25) is 0 Å². The van der Waals surface area contributed by atoms with Crippen molar-refractivity contribution in [3.8, 4) is 0 Å². The zero-order chi connectivity index (χ0) is 10.3. The summed E-state index contributed by atoms with van der Waals surface area (Å²) >= 11 is 0. The van der Waals surface area contributed by atoms with Crippen molar-refractivity contribution in [2.24, 2.45) is 5.92 Å². The van der Waals surface area contributed by atoms with Crippen LogP contribution in [0, 0.1) is 5.92 Å². The molecule has 0 aliphatic rings. The SMILES string of the molecule is CCC(C)CC(=O)CNC(C)CC. The summed E-state index contributed by atoms with van der Waals surface area (Å²) in [4.78, 5) is 11.4. The van der Waals surface area contributed by atoms with Crippen LogP contribution in [0.5, 0.6) is 0 Å². The smallest absolute Gasteiger partial charge is 0.146 e. The predicted molar refractivity (Wildman–Crippen MR) is 56.8 cm³/mol. The summed E-state index contributed by atoms with van der Waals surface area (Å²) in [6, 6.07) is 0.459. The van der Waals surface area contributed by atoms with Gasteiger partial charge in [-0.2, -0.15) is 0 Å². The average Bonchev–Trinajstić information content (AvgIpc) is 2.13. The van der Waals surface area contributed by atoms with Crippen LogP contribution in [-0.4, -0.2) is 18.4 Å². The average molecular weight is 185 g/mol. The van der Waals surface area contributed by atoms with Crippen molar-refractivity contribution in [1.29, 1.82) is 0 Å². The van der Waals surface area contributed by atoms with E-state index in [1.165, 1.54) is 0 Å². The summed E-state index contributed by atoms with van der Waals surface area (Å²) in [5.74, 6) is 0.876. The topological polar surface area (TPSA) is 29.1 Å². The molecule has 2 heteroatoms. The van der Waals surface area contributed by atoms with Crippen LogP contribution in [0.4, 0.5) is 0 Å². The molecule has 1 N–H and O–H groups in total. The third-order valence-corrected chi connectivity index (χ3v) is 2.53. The Hall–Kier alpha value is -0.370. The Morgan fingerprint density at radius 1 is 1.23 bits per heavy atom. The standard InChI is InChI=1S/C11H23NO/c1-5-9(3)7-11(13)8-12-10(4)6-2/h9-10,12H,5-8H2,1-4H3. The molecule has 0 heterocycles. The molecule has 0 aliphatic carbocycles. The molecule has 0 amide bonds. The van der Waals surface area contributed by atoms with E-state index < -0.39 is 0 Å². The van der Waals surface area contributed by atoms with E-state index in [1.54, 1.807) is 0 Å². The Labute approximate surface area is 82.1 Å². The van der Waals surface area contributed by atoms with Gasteiger partial charge in [0, 0.05) is 12.5 Å². The molecule has 0 rings (SSSR count). The summed E-state index contributed by atoms with van der Waals surface area (Å²) < 4.78 is 0. The lowest BCUT2D eigenvalue weighted by atomic mass is 10.0. The largest absolute Gasteiger partial charge is 0.308 e. The van der Waals surface area contributed by atoms with Gasteiger partial charge in [0.05, 0.1) is 6.54 Å². The van der Waals surface area contributed by atoms with E-state index in [2.05, 4.69) is 33.0 Å². The molecule has 2 unspecified atom stereocenters. The summed E-state index contributed by atoms with van der Waals surface area (Å²) in [6.45, 7) is 9.02. The normalized spacial score (nSPS) is 15.4. The summed E-state index contributed by atoms with van der Waals surface area (Å²) in [5.41, 5.74) is 0. The molecule has 0 saturated heterocycles. The van der Waals surface area contributed by atoms with Gasteiger partial charge >= 0.3 is 0 Å². The second-order valence-electron chi connectivity index (χ2n) is 3.95. The highest BCUT2D eigenvalue weighted by atomic mass is 16.1. The van der Waals surface area contributed by atoms with Crippen LogP contribution in [0.15, 0.2) is 0 Å². The first kappa shape index (κ1) is 12.6. The molecule has 0 saturated carbocycles. The van der Waals surface area contributed by atoms with Gasteiger partial charge < -0.3 is 5.32 Å². The van der Waals surface area contributed by atoms with E-state index in [0.29, 0.717) is 24.3 Å². The van der Waals surface area contributed by atoms with Crippen LogP contribution in [-0.2, 0) is 4.79 Å². The molecule has 0 spiro atoms. The number of Topliss-reactive ketones (excluding diaryl/α,β-unsaturated/α-hetero) is 1. The van der Waals surface area contributed by atoms with Crippen LogP contribution < -0.4 is 5.32 Å². The van der Waals surface area contributed by atoms with Crippen molar-refractivity contribution >= 4 is 5.78 Å². The molecule has 78 valence electrons. The molecule has 0 aromatic heterocycles. The lowest BCUT2D eigenvalue weighted by Gasteiger charge is -2.11. The molecule has 0 aromatic rings. The van der Waals surface area contributed by atoms with Gasteiger partial charge in [0.1, 0.15) is 5.78 Å². The van der Waals surface area contributed by atoms with Crippen molar-refractivity contribution < 1.29 is 4.79 Å². The number of hydrogen-bond donors (Lipinski definition) is 1. The Morgan fingerprint density at radius 2 is 1.85 bits per heavy atom. The maximum absolute atomic E-state index is 11.4. The van der Waals surface area contributed by atoms with E-state index in [0.717, 1.165) is 19.3 Å². The fourth-order valence-corrected chi connectivity index (χ4v) is 1.04. The summed E-state index contributed by atoms with van der Waals surface area (Å²) in [7, 11) is 0. The van der Waals surface area contributed by atoms with Crippen molar-refractivity contribution in [3.63, 3.8) is 0 Å². The highest BCUT2D eigenvalue weighted by molar-refractivity contribution is 5.80. The second kappa shape index (κ2) is 7.07. The van der Waals surface area contributed by atoms with Crippen LogP contribution in [0.3, 0.4) is 0 Å². The van der Waals surface area contributed by atoms with E-state index in [4.69, 9.17) is 0 Å². The number of carbonyl (C=O) groups excluding carboxylic acids is 1. The van der Waals surface area contributed by atoms with Gasteiger partial charge in [0.15, 0.2) is 0 Å². The Balaban J connectivity index is 3.51. The molecular formula is C11H23NO. The Kier molecular flexibility index (Phi) is 6.87. The summed E-state index contributed by atoms with van der Waals surface area (Å²) in [5, 5.41) is 3.21. The van der Waals surface area contributed by atoms with Gasteiger partial charge in [0.25, 0.3) is 0 Å². The molecule has 2 nitrogen and oxygen atoms in total. The van der Waals surface area contributed by atoms with Gasteiger partial charge in [-0.05, 0) is 19.3 Å². The van der Waals surface area contributed by atoms with E-state index >= 15 is 0 Å². The molecule has 0 fully saturated rings. The van der Waals surface area contributed by atoms with Crippen LogP contribution in [0.25, 0.3) is 0 Å². The molecule has 0 radical (unpaired) electrons. The number of rotatable bonds is 7. The molecule has 13 heavy (non-hydrogen) atoms. The van der Waals surface area contributed by atoms with E-state index in [-0.39, 0.29) is 0 Å². The maximum Gasteiger partial charge on any atom is 0.146 e. The molecular weight excluding hydrogens is 162 g/mol. The first-order valence-electron chi connectivity index (χ1n) is 5.35. The third kappa shape index (κ3) is 6.76. The van der Waals surface area contributed by atoms with Crippen molar-refractivity contribution in [2.45, 2.75) is 53.0 Å². The Bertz CT molecular complexity index is 145. The van der Waals surface area contributed by atoms with E-state index in [1.807, 2.05) is 0 Å². The maximum atomic E-state index is 11.4. The van der Waals surface area contributed by atoms with Gasteiger partial charge in [-0.15, -0.1) is 0 Å². The van der Waals surface area contributed by atoms with Gasteiger partial charge in [-0.3, -0.25) is 4.79 Å². The molecule has 0 aromatic carbocycles. The highest BCUT2D eigenvalue weighted by Gasteiger charge is 2.07. The van der Waals surface area contributed by atoms with Gasteiger partial charge in [-0.1, -0.05) is 27.2 Å². The fourth-order valence-electron chi connectivity index (χ4n) is 1.04. The molecule has 0 aliphatic heterocycles. The van der Waals surface area contributed by atoms with Crippen molar-refractivity contribution in [3.05, 3.63) is 0 Å². The van der Waals surface area contributed by atoms with Crippen molar-refractivity contribution in [1.82, 2.24) is 5.32 Å². The van der Waals surface area contributed by atoms with Gasteiger partial charge in [0.2, 0.25) is 0 Å². The quantitative estimate of drug-likeness (QED) is 0.660. The minimum absolute atomic E-state index is 0.342. The zero-order valence-corrected chi connectivity index (χ0v) is 9.39. The zero-order valence-electron chi connectivity index (χ0n) is 9.39. The lowest BCUT2D eigenvalue weighted by Crippen LogP contribution is -2.31. The monoisotopic (exact) mass is 185 g/mol. The van der Waals surface area contributed by atoms with E-state index in [9.17, 15) is 4.79 Å². The predicted octanol–water partition coefficient (Wildman–Crippen LogP) is 2.38. The number of hydrogen-bond acceptors (Lipinski definition) is 2. The second-order valence-corrected chi connectivity index (χ2v) is 3.95. The lowest BCUT2D eigenvalue weighted by molar-refractivity contribution is -0.119. The molecule has 0 bridgehead atoms. The Morgan fingerprint density at radius 3 is 2.31 bits per heavy atom. The minimum Gasteiger partial charge on any atom is -0.308 e. The minimum atomic E-state index is 0.342. The van der Waals surface area contributed by atoms with Crippen LogP contribution >= 0.6 is 0 Å². The van der Waals surface area contributed by atoms with Crippen molar-refractivity contribution in [2.75, 3.05) is 6.54 Å². The first-order chi connectivity index (χ1) is 6.10. The first-order valence-corrected chi connectivity index (χ1v) is 5.35. The third-order valence-electron chi connectivity index (χ3n) is 2.53. The van der Waals surface area contributed by atoms with Crippen LogP contribution in [0.1, 0.15) is 47.0 Å². The summed E-state index contributed by atoms with van der Waals surface area (Å²) in [6.07, 6.45) is 2.89. The number of carbonyl (C=O) groups is 1.